The van der Waals surface area contributed by atoms with Crippen LogP contribution < -0.4 is 5.32 Å². The van der Waals surface area contributed by atoms with Crippen LogP contribution in [0.25, 0.3) is 0 Å². The minimum atomic E-state index is -0.207. The number of nitrogens with one attached hydrogen (secondary N) is 1. The molecule has 0 saturated heterocycles. The molecule has 1 aromatic rings. The number of halogens is 2. The molecule has 0 radical (unpaired) electrons. The zero-order chi connectivity index (χ0) is 12.0. The third-order valence-electron chi connectivity index (χ3n) is 2.05. The first-order valence-corrected chi connectivity index (χ1v) is 6.02. The van der Waals surface area contributed by atoms with Gasteiger partial charge in [-0.05, 0) is 33.6 Å². The predicted molar refractivity (Wildman–Crippen MR) is 67.5 cm³/mol. The Kier molecular flexibility index (Phi) is 5.80. The van der Waals surface area contributed by atoms with Crippen molar-refractivity contribution in [3.63, 3.8) is 0 Å². The highest BCUT2D eigenvalue weighted by atomic mass is 79.9. The van der Waals surface area contributed by atoms with Crippen LogP contribution in [0.2, 0.25) is 5.02 Å². The number of methoxy groups -OCH3 is 1. The van der Waals surface area contributed by atoms with Gasteiger partial charge in [-0.3, -0.25) is 4.79 Å². The highest BCUT2D eigenvalue weighted by Crippen LogP contribution is 2.22. The molecule has 0 aliphatic rings. The van der Waals surface area contributed by atoms with Gasteiger partial charge < -0.3 is 10.1 Å². The van der Waals surface area contributed by atoms with Crippen LogP contribution in [0.3, 0.4) is 0 Å². The highest BCUT2D eigenvalue weighted by molar-refractivity contribution is 9.10. The quantitative estimate of drug-likeness (QED) is 0.671. The van der Waals surface area contributed by atoms with E-state index < -0.39 is 0 Å². The Bertz CT molecular complexity index is 371. The minimum absolute atomic E-state index is 0.207. The van der Waals surface area contributed by atoms with E-state index in [9.17, 15) is 4.79 Å². The molecular weight excluding hydrogens is 293 g/mol. The highest BCUT2D eigenvalue weighted by Gasteiger charge is 2.01. The SMILES string of the molecule is COC(=O)CCNCc1ccc(Br)c(Cl)c1. The normalized spacial score (nSPS) is 10.2. The molecule has 1 N–H and O–H groups in total. The number of hydrogen-bond donors (Lipinski definition) is 1. The molecule has 0 aliphatic carbocycles. The number of carbonyl (C=O) groups excluding carboxylic acids is 1. The molecule has 0 heterocycles. The molecule has 1 rings (SSSR count). The smallest absolute Gasteiger partial charge is 0.306 e. The lowest BCUT2D eigenvalue weighted by Crippen LogP contribution is -2.18. The van der Waals surface area contributed by atoms with E-state index in [1.165, 1.54) is 7.11 Å². The predicted octanol–water partition coefficient (Wildman–Crippen LogP) is 2.76. The van der Waals surface area contributed by atoms with Crippen molar-refractivity contribution in [2.24, 2.45) is 0 Å². The van der Waals surface area contributed by atoms with Crippen molar-refractivity contribution in [3.05, 3.63) is 33.3 Å². The Hall–Kier alpha value is -0.580. The average Bonchev–Trinajstić information content (AvgIpc) is 2.28. The van der Waals surface area contributed by atoms with Crippen molar-refractivity contribution in [1.29, 1.82) is 0 Å². The monoisotopic (exact) mass is 305 g/mol. The molecule has 0 fully saturated rings. The fraction of sp³-hybridized carbons (Fsp3) is 0.364. The first-order valence-electron chi connectivity index (χ1n) is 4.85. The number of ether oxygens (including phenoxy) is 1. The van der Waals surface area contributed by atoms with Gasteiger partial charge in [0.25, 0.3) is 0 Å². The van der Waals surface area contributed by atoms with Crippen molar-refractivity contribution >= 4 is 33.5 Å². The van der Waals surface area contributed by atoms with Gasteiger partial charge in [-0.1, -0.05) is 17.7 Å². The summed E-state index contributed by atoms with van der Waals surface area (Å²) in [6.07, 6.45) is 0.376. The second-order valence-electron chi connectivity index (χ2n) is 3.25. The lowest BCUT2D eigenvalue weighted by Gasteiger charge is -2.05. The van der Waals surface area contributed by atoms with Crippen molar-refractivity contribution < 1.29 is 9.53 Å². The standard InChI is InChI=1S/C11H13BrClNO2/c1-16-11(15)4-5-14-7-8-2-3-9(12)10(13)6-8/h2-3,6,14H,4-5,7H2,1H3. The van der Waals surface area contributed by atoms with Gasteiger partial charge in [0.05, 0.1) is 18.6 Å². The van der Waals surface area contributed by atoms with E-state index in [2.05, 4.69) is 26.0 Å². The lowest BCUT2D eigenvalue weighted by atomic mass is 10.2. The van der Waals surface area contributed by atoms with E-state index in [4.69, 9.17) is 11.6 Å². The average molecular weight is 307 g/mol. The molecular formula is C11H13BrClNO2. The summed E-state index contributed by atoms with van der Waals surface area (Å²) in [7, 11) is 1.39. The zero-order valence-corrected chi connectivity index (χ0v) is 11.3. The Morgan fingerprint density at radius 3 is 2.94 bits per heavy atom. The second-order valence-corrected chi connectivity index (χ2v) is 4.51. The molecule has 0 atom stereocenters. The molecule has 0 amide bonds. The van der Waals surface area contributed by atoms with Crippen molar-refractivity contribution in [3.8, 4) is 0 Å². The Labute approximate surface area is 108 Å². The molecule has 88 valence electrons. The molecule has 0 unspecified atom stereocenters. The number of benzene rings is 1. The van der Waals surface area contributed by atoms with Crippen LogP contribution in [0.1, 0.15) is 12.0 Å². The first-order chi connectivity index (χ1) is 7.63. The van der Waals surface area contributed by atoms with Gasteiger partial charge in [0, 0.05) is 17.6 Å². The van der Waals surface area contributed by atoms with Crippen LogP contribution >= 0.6 is 27.5 Å². The largest absolute Gasteiger partial charge is 0.469 e. The number of carbonyl (C=O) groups is 1. The maximum absolute atomic E-state index is 10.8. The Morgan fingerprint density at radius 1 is 1.56 bits per heavy atom. The maximum Gasteiger partial charge on any atom is 0.306 e. The van der Waals surface area contributed by atoms with E-state index >= 15 is 0 Å². The van der Waals surface area contributed by atoms with Crippen molar-refractivity contribution in [2.75, 3.05) is 13.7 Å². The fourth-order valence-corrected chi connectivity index (χ4v) is 1.62. The van der Waals surface area contributed by atoms with E-state index in [-0.39, 0.29) is 5.97 Å². The topological polar surface area (TPSA) is 38.3 Å². The third kappa shape index (κ3) is 4.51. The van der Waals surface area contributed by atoms with Gasteiger partial charge in [0.15, 0.2) is 0 Å². The first kappa shape index (κ1) is 13.5. The van der Waals surface area contributed by atoms with Gasteiger partial charge in [-0.25, -0.2) is 0 Å². The summed E-state index contributed by atoms with van der Waals surface area (Å²) in [4.78, 5) is 10.8. The molecule has 0 aromatic heterocycles. The van der Waals surface area contributed by atoms with E-state index in [0.29, 0.717) is 24.5 Å². The van der Waals surface area contributed by atoms with Crippen molar-refractivity contribution in [2.45, 2.75) is 13.0 Å². The molecule has 0 spiro atoms. The molecule has 0 aliphatic heterocycles. The summed E-state index contributed by atoms with van der Waals surface area (Å²) in [6.45, 7) is 1.28. The molecule has 5 heteroatoms. The van der Waals surface area contributed by atoms with Gasteiger partial charge in [0.2, 0.25) is 0 Å². The van der Waals surface area contributed by atoms with Gasteiger partial charge in [-0.2, -0.15) is 0 Å². The molecule has 3 nitrogen and oxygen atoms in total. The van der Waals surface area contributed by atoms with Gasteiger partial charge >= 0.3 is 5.97 Å². The van der Waals surface area contributed by atoms with Crippen LogP contribution in [-0.2, 0) is 16.1 Å². The fourth-order valence-electron chi connectivity index (χ4n) is 1.17. The number of rotatable bonds is 5. The summed E-state index contributed by atoms with van der Waals surface area (Å²) < 4.78 is 5.41. The van der Waals surface area contributed by atoms with Crippen LogP contribution in [0.5, 0.6) is 0 Å². The van der Waals surface area contributed by atoms with Crippen LogP contribution in [0.15, 0.2) is 22.7 Å². The molecule has 1 aromatic carbocycles. The molecule has 16 heavy (non-hydrogen) atoms. The van der Waals surface area contributed by atoms with Crippen LogP contribution in [0.4, 0.5) is 0 Å². The van der Waals surface area contributed by atoms with Gasteiger partial charge in [-0.15, -0.1) is 0 Å². The lowest BCUT2D eigenvalue weighted by molar-refractivity contribution is -0.140. The van der Waals surface area contributed by atoms with Crippen molar-refractivity contribution in [1.82, 2.24) is 5.32 Å². The van der Waals surface area contributed by atoms with E-state index in [1.54, 1.807) is 0 Å². The minimum Gasteiger partial charge on any atom is -0.469 e. The Morgan fingerprint density at radius 2 is 2.31 bits per heavy atom. The zero-order valence-electron chi connectivity index (χ0n) is 8.93. The Balaban J connectivity index is 2.32. The molecule has 0 bridgehead atoms. The van der Waals surface area contributed by atoms with E-state index in [1.807, 2.05) is 18.2 Å². The summed E-state index contributed by atoms with van der Waals surface area (Å²) in [5.41, 5.74) is 1.08. The second kappa shape index (κ2) is 6.89. The summed E-state index contributed by atoms with van der Waals surface area (Å²) in [5, 5.41) is 3.83. The summed E-state index contributed by atoms with van der Waals surface area (Å²) in [6, 6.07) is 5.76. The summed E-state index contributed by atoms with van der Waals surface area (Å²) in [5.74, 6) is -0.207. The van der Waals surface area contributed by atoms with Crippen LogP contribution in [-0.4, -0.2) is 19.6 Å². The number of hydrogen-bond acceptors (Lipinski definition) is 3. The maximum atomic E-state index is 10.8. The molecule has 0 saturated carbocycles. The van der Waals surface area contributed by atoms with Gasteiger partial charge in [0.1, 0.15) is 0 Å². The van der Waals surface area contributed by atoms with Crippen LogP contribution in [0, 0.1) is 0 Å². The number of esters is 1. The summed E-state index contributed by atoms with van der Waals surface area (Å²) >= 11 is 9.28. The third-order valence-corrected chi connectivity index (χ3v) is 3.28. The van der Waals surface area contributed by atoms with E-state index in [0.717, 1.165) is 10.0 Å².